The molecule has 0 aliphatic heterocycles. The van der Waals surface area contributed by atoms with Crippen molar-refractivity contribution >= 4 is 28.5 Å². The van der Waals surface area contributed by atoms with Crippen LogP contribution in [0.15, 0.2) is 61.6 Å². The van der Waals surface area contributed by atoms with Crippen LogP contribution in [0.5, 0.6) is 0 Å². The van der Waals surface area contributed by atoms with Gasteiger partial charge in [-0.05, 0) is 37.1 Å². The SMILES string of the molecule is Cc1ccc2nc(Cn3cc(C(=O)CCc4ncn5ccc(Cl)cc45)cn3)cn2c1. The van der Waals surface area contributed by atoms with Crippen LogP contribution in [0.2, 0.25) is 5.02 Å². The van der Waals surface area contributed by atoms with Crippen molar-refractivity contribution in [1.82, 2.24) is 28.5 Å². The number of carbonyl (C=O) groups is 1. The van der Waals surface area contributed by atoms with E-state index in [0.717, 1.165) is 22.6 Å². The van der Waals surface area contributed by atoms with Crippen molar-refractivity contribution in [2.24, 2.45) is 0 Å². The molecule has 0 aliphatic rings. The minimum absolute atomic E-state index is 0.0371. The van der Waals surface area contributed by atoms with E-state index in [2.05, 4.69) is 15.1 Å². The average molecular weight is 419 g/mol. The van der Waals surface area contributed by atoms with E-state index in [0.29, 0.717) is 30.0 Å². The minimum Gasteiger partial charge on any atom is -0.306 e. The van der Waals surface area contributed by atoms with Gasteiger partial charge in [0.2, 0.25) is 0 Å². The summed E-state index contributed by atoms with van der Waals surface area (Å²) >= 11 is 6.08. The van der Waals surface area contributed by atoms with Gasteiger partial charge in [-0.3, -0.25) is 9.48 Å². The summed E-state index contributed by atoms with van der Waals surface area (Å²) in [5.74, 6) is 0.0371. The van der Waals surface area contributed by atoms with Crippen molar-refractivity contribution in [3.05, 3.63) is 89.1 Å². The molecule has 5 heterocycles. The molecule has 5 aromatic heterocycles. The van der Waals surface area contributed by atoms with Crippen LogP contribution >= 0.6 is 11.6 Å². The zero-order valence-electron chi connectivity index (χ0n) is 16.4. The third-order valence-electron chi connectivity index (χ3n) is 5.10. The summed E-state index contributed by atoms with van der Waals surface area (Å²) in [6, 6.07) is 7.70. The second-order valence-corrected chi connectivity index (χ2v) is 7.82. The fourth-order valence-corrected chi connectivity index (χ4v) is 3.74. The quantitative estimate of drug-likeness (QED) is 0.391. The first-order valence-electron chi connectivity index (χ1n) is 9.66. The van der Waals surface area contributed by atoms with Crippen LogP contribution in [0.3, 0.4) is 0 Å². The van der Waals surface area contributed by atoms with Crippen LogP contribution in [-0.4, -0.2) is 34.3 Å². The zero-order chi connectivity index (χ0) is 20.7. The maximum Gasteiger partial charge on any atom is 0.166 e. The number of hydrogen-bond acceptors (Lipinski definition) is 4. The summed E-state index contributed by atoms with van der Waals surface area (Å²) < 4.78 is 5.65. The van der Waals surface area contributed by atoms with E-state index in [1.807, 2.05) is 58.6 Å². The molecule has 0 unspecified atom stereocenters. The van der Waals surface area contributed by atoms with Gasteiger partial charge < -0.3 is 8.80 Å². The normalized spacial score (nSPS) is 11.5. The molecule has 30 heavy (non-hydrogen) atoms. The Hall–Kier alpha value is -3.45. The molecule has 0 spiro atoms. The second-order valence-electron chi connectivity index (χ2n) is 7.38. The van der Waals surface area contributed by atoms with Crippen LogP contribution in [0, 0.1) is 6.92 Å². The van der Waals surface area contributed by atoms with Crippen molar-refractivity contribution in [2.75, 3.05) is 0 Å². The maximum atomic E-state index is 12.7. The maximum absolute atomic E-state index is 12.7. The van der Waals surface area contributed by atoms with E-state index in [1.54, 1.807) is 23.4 Å². The molecule has 0 amide bonds. The smallest absolute Gasteiger partial charge is 0.166 e. The molecule has 0 saturated carbocycles. The lowest BCUT2D eigenvalue weighted by Gasteiger charge is -1.99. The van der Waals surface area contributed by atoms with Crippen molar-refractivity contribution in [3.63, 3.8) is 0 Å². The van der Waals surface area contributed by atoms with Gasteiger partial charge in [0.15, 0.2) is 5.78 Å². The summed E-state index contributed by atoms with van der Waals surface area (Å²) in [6.45, 7) is 2.56. The number of aromatic nitrogens is 6. The Kier molecular flexibility index (Phi) is 4.59. The number of ketones is 1. The number of aryl methyl sites for hydroxylation is 2. The molecule has 0 atom stereocenters. The highest BCUT2D eigenvalue weighted by Gasteiger charge is 2.13. The summed E-state index contributed by atoms with van der Waals surface area (Å²) in [5.41, 5.74) is 5.34. The van der Waals surface area contributed by atoms with Crippen LogP contribution in [-0.2, 0) is 13.0 Å². The molecule has 0 radical (unpaired) electrons. The number of hydrogen-bond donors (Lipinski definition) is 0. The highest BCUT2D eigenvalue weighted by atomic mass is 35.5. The number of carbonyl (C=O) groups excluding carboxylic acids is 1. The topological polar surface area (TPSA) is 69.5 Å². The van der Waals surface area contributed by atoms with Gasteiger partial charge in [-0.25, -0.2) is 9.97 Å². The third kappa shape index (κ3) is 3.59. The van der Waals surface area contributed by atoms with Crippen LogP contribution < -0.4 is 0 Å². The van der Waals surface area contributed by atoms with Gasteiger partial charge >= 0.3 is 0 Å². The van der Waals surface area contributed by atoms with E-state index in [1.165, 1.54) is 5.56 Å². The molecule has 0 fully saturated rings. The Bertz CT molecular complexity index is 1380. The Morgan fingerprint density at radius 2 is 2.03 bits per heavy atom. The monoisotopic (exact) mass is 418 g/mol. The summed E-state index contributed by atoms with van der Waals surface area (Å²) in [7, 11) is 0. The Balaban J connectivity index is 1.27. The lowest BCUT2D eigenvalue weighted by molar-refractivity contribution is 0.0982. The molecular formula is C22H19ClN6O. The molecule has 150 valence electrons. The number of nitrogens with zero attached hydrogens (tertiary/aromatic N) is 6. The number of Topliss-reactive ketones (excluding diaryl/α,β-unsaturated/α-hetero) is 1. The molecule has 8 heteroatoms. The van der Waals surface area contributed by atoms with Gasteiger partial charge in [-0.15, -0.1) is 0 Å². The van der Waals surface area contributed by atoms with E-state index < -0.39 is 0 Å². The molecular weight excluding hydrogens is 400 g/mol. The molecule has 5 aromatic rings. The fraction of sp³-hybridized carbons (Fsp3) is 0.182. The van der Waals surface area contributed by atoms with Crippen LogP contribution in [0.25, 0.3) is 11.2 Å². The average Bonchev–Trinajstić information content (AvgIpc) is 3.44. The van der Waals surface area contributed by atoms with E-state index >= 15 is 0 Å². The third-order valence-corrected chi connectivity index (χ3v) is 5.33. The Morgan fingerprint density at radius 3 is 2.93 bits per heavy atom. The Morgan fingerprint density at radius 1 is 1.13 bits per heavy atom. The predicted octanol–water partition coefficient (Wildman–Crippen LogP) is 4.00. The molecule has 0 N–H and O–H groups in total. The summed E-state index contributed by atoms with van der Waals surface area (Å²) in [5, 5.41) is 4.99. The highest BCUT2D eigenvalue weighted by molar-refractivity contribution is 6.30. The van der Waals surface area contributed by atoms with Crippen molar-refractivity contribution < 1.29 is 4.79 Å². The second kappa shape index (κ2) is 7.42. The minimum atomic E-state index is 0.0371. The van der Waals surface area contributed by atoms with Gasteiger partial charge in [-0.2, -0.15) is 5.10 Å². The van der Waals surface area contributed by atoms with Gasteiger partial charge in [0.05, 0.1) is 41.5 Å². The zero-order valence-corrected chi connectivity index (χ0v) is 17.1. The number of imidazole rings is 2. The van der Waals surface area contributed by atoms with E-state index in [9.17, 15) is 4.79 Å². The van der Waals surface area contributed by atoms with E-state index in [4.69, 9.17) is 11.6 Å². The molecule has 0 bridgehead atoms. The van der Waals surface area contributed by atoms with Crippen molar-refractivity contribution in [3.8, 4) is 0 Å². The number of fused-ring (bicyclic) bond motifs is 2. The molecule has 0 aliphatic carbocycles. The first-order chi connectivity index (χ1) is 14.5. The molecule has 7 nitrogen and oxygen atoms in total. The standard InChI is InChI=1S/C22H19ClN6O/c1-15-2-5-22-26-18(12-28(22)10-15)13-29-11-16(9-25-29)21(30)4-3-19-20-8-17(23)6-7-27(20)14-24-19/h2,5-12,14H,3-4,13H2,1H3. The van der Waals surface area contributed by atoms with E-state index in [-0.39, 0.29) is 5.78 Å². The van der Waals surface area contributed by atoms with Crippen LogP contribution in [0.4, 0.5) is 0 Å². The van der Waals surface area contributed by atoms with Gasteiger partial charge in [0.25, 0.3) is 0 Å². The highest BCUT2D eigenvalue weighted by Crippen LogP contribution is 2.18. The summed E-state index contributed by atoms with van der Waals surface area (Å²) in [4.78, 5) is 21.7. The predicted molar refractivity (Wildman–Crippen MR) is 114 cm³/mol. The van der Waals surface area contributed by atoms with Crippen molar-refractivity contribution in [1.29, 1.82) is 0 Å². The Labute approximate surface area is 177 Å². The molecule has 5 rings (SSSR count). The first kappa shape index (κ1) is 18.6. The summed E-state index contributed by atoms with van der Waals surface area (Å²) in [6.07, 6.45) is 11.9. The van der Waals surface area contributed by atoms with Crippen LogP contribution in [0.1, 0.15) is 33.7 Å². The number of halogens is 1. The van der Waals surface area contributed by atoms with Gasteiger partial charge in [-0.1, -0.05) is 17.7 Å². The fourth-order valence-electron chi connectivity index (χ4n) is 3.58. The van der Waals surface area contributed by atoms with Gasteiger partial charge in [0.1, 0.15) is 5.65 Å². The molecule has 0 aromatic carbocycles. The van der Waals surface area contributed by atoms with Gasteiger partial charge in [0, 0.05) is 36.2 Å². The number of rotatable bonds is 6. The first-order valence-corrected chi connectivity index (χ1v) is 10.0. The number of pyridine rings is 2. The largest absolute Gasteiger partial charge is 0.306 e. The van der Waals surface area contributed by atoms with Crippen molar-refractivity contribution in [2.45, 2.75) is 26.3 Å². The lowest BCUT2D eigenvalue weighted by Crippen LogP contribution is -2.02. The lowest BCUT2D eigenvalue weighted by atomic mass is 10.1. The molecule has 0 saturated heterocycles.